The van der Waals surface area contributed by atoms with Gasteiger partial charge in [0.25, 0.3) is 0 Å². The van der Waals surface area contributed by atoms with Crippen LogP contribution in [0, 0.1) is 0 Å². The van der Waals surface area contributed by atoms with Gasteiger partial charge in [0.15, 0.2) is 29.7 Å². The zero-order valence-corrected chi connectivity index (χ0v) is 9.26. The first-order chi connectivity index (χ1) is 6.21. The molecule has 0 fully saturated rings. The van der Waals surface area contributed by atoms with E-state index in [2.05, 4.69) is 4.98 Å². The first-order valence-electron chi connectivity index (χ1n) is 3.58. The highest BCUT2D eigenvalue weighted by Gasteiger charge is 2.14. The lowest BCUT2D eigenvalue weighted by molar-refractivity contribution is 0.591. The molecule has 0 atom stereocenters. The van der Waals surface area contributed by atoms with Gasteiger partial charge in [-0.25, -0.2) is 21.8 Å². The van der Waals surface area contributed by atoms with Crippen molar-refractivity contribution in [1.29, 1.82) is 0 Å². The maximum Gasteiger partial charge on any atom is 0.192 e. The zero-order valence-electron chi connectivity index (χ0n) is 7.63. The van der Waals surface area contributed by atoms with E-state index in [9.17, 15) is 16.8 Å². The summed E-state index contributed by atoms with van der Waals surface area (Å²) < 4.78 is 44.2. The minimum atomic E-state index is -3.46. The van der Waals surface area contributed by atoms with Gasteiger partial charge >= 0.3 is 0 Å². The van der Waals surface area contributed by atoms with E-state index < -0.39 is 19.7 Å². The highest BCUT2D eigenvalue weighted by Crippen LogP contribution is 2.10. The van der Waals surface area contributed by atoms with Gasteiger partial charge in [0.2, 0.25) is 0 Å². The standard InChI is InChI=1S/C7H9NO4S2/c1-13(9,10)6-4-3-5-7(8-6)14(2,11)12/h3-5H,1-2H3. The second-order valence-corrected chi connectivity index (χ2v) is 6.78. The Morgan fingerprint density at radius 2 is 1.29 bits per heavy atom. The Morgan fingerprint density at radius 3 is 1.57 bits per heavy atom. The number of nitrogens with zero attached hydrogens (tertiary/aromatic N) is 1. The summed E-state index contributed by atoms with van der Waals surface area (Å²) in [7, 11) is -6.92. The molecule has 0 aliphatic heterocycles. The van der Waals surface area contributed by atoms with Crippen molar-refractivity contribution < 1.29 is 16.8 Å². The van der Waals surface area contributed by atoms with E-state index in [0.29, 0.717) is 0 Å². The van der Waals surface area contributed by atoms with Crippen LogP contribution in [-0.4, -0.2) is 34.3 Å². The van der Waals surface area contributed by atoms with Gasteiger partial charge in [-0.2, -0.15) is 0 Å². The maximum absolute atomic E-state index is 11.1. The highest BCUT2D eigenvalue weighted by atomic mass is 32.2. The molecule has 1 aromatic rings. The second-order valence-electron chi connectivity index (χ2n) is 2.86. The van der Waals surface area contributed by atoms with Gasteiger partial charge in [-0.1, -0.05) is 6.07 Å². The van der Waals surface area contributed by atoms with Gasteiger partial charge in [0, 0.05) is 12.5 Å². The maximum atomic E-state index is 11.1. The largest absolute Gasteiger partial charge is 0.225 e. The van der Waals surface area contributed by atoms with Crippen molar-refractivity contribution >= 4 is 19.7 Å². The third-order valence-corrected chi connectivity index (χ3v) is 3.43. The monoisotopic (exact) mass is 235 g/mol. The Bertz CT molecular complexity index is 498. The molecular formula is C7H9NO4S2. The molecule has 5 nitrogen and oxygen atoms in total. The minimum Gasteiger partial charge on any atom is -0.225 e. The van der Waals surface area contributed by atoms with E-state index in [4.69, 9.17) is 0 Å². The molecule has 0 aromatic carbocycles. The summed E-state index contributed by atoms with van der Waals surface area (Å²) in [5.74, 6) is 0. The lowest BCUT2D eigenvalue weighted by atomic mass is 10.5. The molecule has 0 aliphatic carbocycles. The number of pyridine rings is 1. The molecule has 78 valence electrons. The van der Waals surface area contributed by atoms with Crippen molar-refractivity contribution in [3.63, 3.8) is 0 Å². The molecule has 0 N–H and O–H groups in total. The van der Waals surface area contributed by atoms with Crippen molar-refractivity contribution in [2.45, 2.75) is 10.1 Å². The van der Waals surface area contributed by atoms with E-state index in [1.165, 1.54) is 18.2 Å². The van der Waals surface area contributed by atoms with Crippen molar-refractivity contribution in [3.05, 3.63) is 18.2 Å². The fraction of sp³-hybridized carbons (Fsp3) is 0.286. The van der Waals surface area contributed by atoms with Crippen LogP contribution < -0.4 is 0 Å². The van der Waals surface area contributed by atoms with Gasteiger partial charge in [-0.3, -0.25) is 0 Å². The fourth-order valence-electron chi connectivity index (χ4n) is 0.809. The summed E-state index contributed by atoms with van der Waals surface area (Å²) in [5, 5.41) is -0.471. The number of aromatic nitrogens is 1. The molecule has 1 rings (SSSR count). The van der Waals surface area contributed by atoms with Crippen LogP contribution in [-0.2, 0) is 19.7 Å². The third kappa shape index (κ3) is 2.52. The zero-order chi connectivity index (χ0) is 11.0. The molecule has 0 bridgehead atoms. The van der Waals surface area contributed by atoms with Gasteiger partial charge in [-0.15, -0.1) is 0 Å². The quantitative estimate of drug-likeness (QED) is 0.714. The molecule has 1 aromatic heterocycles. The minimum absolute atomic E-state index is 0.236. The molecule has 0 saturated heterocycles. The highest BCUT2D eigenvalue weighted by molar-refractivity contribution is 7.91. The predicted octanol–water partition coefficient (Wildman–Crippen LogP) is -0.111. The summed E-state index contributed by atoms with van der Waals surface area (Å²) in [6, 6.07) is 3.85. The molecule has 0 spiro atoms. The van der Waals surface area contributed by atoms with Crippen molar-refractivity contribution in [3.8, 4) is 0 Å². The predicted molar refractivity (Wildman–Crippen MR) is 50.5 cm³/mol. The van der Waals surface area contributed by atoms with E-state index in [1.807, 2.05) is 0 Å². The Morgan fingerprint density at radius 1 is 0.929 bits per heavy atom. The molecular weight excluding hydrogens is 226 g/mol. The second kappa shape index (κ2) is 3.32. The average molecular weight is 235 g/mol. The summed E-state index contributed by atoms with van der Waals surface area (Å²) in [5.41, 5.74) is 0. The topological polar surface area (TPSA) is 81.2 Å². The molecule has 1 heterocycles. The van der Waals surface area contributed by atoms with E-state index >= 15 is 0 Å². The first kappa shape index (κ1) is 11.1. The molecule has 0 saturated carbocycles. The SMILES string of the molecule is CS(=O)(=O)c1cccc(S(C)(=O)=O)n1. The molecule has 0 unspecified atom stereocenters. The van der Waals surface area contributed by atoms with Crippen molar-refractivity contribution in [2.24, 2.45) is 0 Å². The number of hydrogen-bond acceptors (Lipinski definition) is 5. The van der Waals surface area contributed by atoms with Crippen LogP contribution >= 0.6 is 0 Å². The number of sulfone groups is 2. The molecule has 14 heavy (non-hydrogen) atoms. The number of rotatable bonds is 2. The Hall–Kier alpha value is -0.950. The van der Waals surface area contributed by atoms with Crippen LogP contribution in [0.2, 0.25) is 0 Å². The van der Waals surface area contributed by atoms with Crippen LogP contribution in [0.15, 0.2) is 28.3 Å². The van der Waals surface area contributed by atoms with Gasteiger partial charge < -0.3 is 0 Å². The Labute approximate surface area is 82.6 Å². The summed E-state index contributed by atoms with van der Waals surface area (Å²) in [4.78, 5) is 3.54. The first-order valence-corrected chi connectivity index (χ1v) is 7.37. The van der Waals surface area contributed by atoms with Crippen molar-refractivity contribution in [2.75, 3.05) is 12.5 Å². The normalized spacial score (nSPS) is 12.7. The molecule has 7 heteroatoms. The smallest absolute Gasteiger partial charge is 0.192 e. The third-order valence-electron chi connectivity index (χ3n) is 1.46. The molecule has 0 amide bonds. The Kier molecular flexibility index (Phi) is 2.64. The average Bonchev–Trinajstić information content (AvgIpc) is 2.01. The van der Waals surface area contributed by atoms with Gasteiger partial charge in [-0.05, 0) is 12.1 Å². The van der Waals surface area contributed by atoms with E-state index in [1.54, 1.807) is 0 Å². The number of hydrogen-bond donors (Lipinski definition) is 0. The summed E-state index contributed by atoms with van der Waals surface area (Å²) >= 11 is 0. The van der Waals surface area contributed by atoms with Crippen LogP contribution in [0.25, 0.3) is 0 Å². The van der Waals surface area contributed by atoms with Crippen LogP contribution in [0.4, 0.5) is 0 Å². The lowest BCUT2D eigenvalue weighted by Gasteiger charge is -1.99. The Balaban J connectivity index is 3.44. The molecule has 0 aliphatic rings. The fourth-order valence-corrected chi connectivity index (χ4v) is 2.05. The van der Waals surface area contributed by atoms with E-state index in [0.717, 1.165) is 12.5 Å². The van der Waals surface area contributed by atoms with E-state index in [-0.39, 0.29) is 10.1 Å². The van der Waals surface area contributed by atoms with Crippen molar-refractivity contribution in [1.82, 2.24) is 4.98 Å². The van der Waals surface area contributed by atoms with Gasteiger partial charge in [0.05, 0.1) is 0 Å². The summed E-state index contributed by atoms with van der Waals surface area (Å²) in [6.45, 7) is 0. The van der Waals surface area contributed by atoms with Crippen LogP contribution in [0.5, 0.6) is 0 Å². The lowest BCUT2D eigenvalue weighted by Crippen LogP contribution is -2.06. The van der Waals surface area contributed by atoms with Gasteiger partial charge in [0.1, 0.15) is 0 Å². The van der Waals surface area contributed by atoms with Crippen LogP contribution in [0.3, 0.4) is 0 Å². The summed E-state index contributed by atoms with van der Waals surface area (Å²) in [6.07, 6.45) is 1.95. The van der Waals surface area contributed by atoms with Crippen LogP contribution in [0.1, 0.15) is 0 Å². The molecule has 0 radical (unpaired) electrons.